The van der Waals surface area contributed by atoms with Crippen molar-refractivity contribution in [1.29, 1.82) is 5.26 Å². The van der Waals surface area contributed by atoms with Gasteiger partial charge in [-0.2, -0.15) is 5.26 Å². The molecule has 18 heavy (non-hydrogen) atoms. The van der Waals surface area contributed by atoms with Crippen molar-refractivity contribution >= 4 is 9.84 Å². The van der Waals surface area contributed by atoms with Crippen LogP contribution in [0.15, 0.2) is 18.2 Å². The molecule has 1 unspecified atom stereocenters. The Morgan fingerprint density at radius 3 is 2.39 bits per heavy atom. The second-order valence-electron chi connectivity index (χ2n) is 4.61. The van der Waals surface area contributed by atoms with E-state index < -0.39 is 26.9 Å². The average molecular weight is 271 g/mol. The molecule has 0 amide bonds. The lowest BCUT2D eigenvalue weighted by molar-refractivity contribution is 0.425. The summed E-state index contributed by atoms with van der Waals surface area (Å²) in [5.74, 6) is -1.91. The number of benzene rings is 1. The number of halogens is 2. The summed E-state index contributed by atoms with van der Waals surface area (Å²) in [7, 11) is -3.28. The molecule has 0 bridgehead atoms. The van der Waals surface area contributed by atoms with Crippen molar-refractivity contribution in [2.45, 2.75) is 12.8 Å². The van der Waals surface area contributed by atoms with Crippen LogP contribution >= 0.6 is 0 Å². The Kier molecular flexibility index (Phi) is 3.11. The number of nitriles is 1. The molecule has 1 saturated heterocycles. The monoisotopic (exact) mass is 271 g/mol. The maximum Gasteiger partial charge on any atom is 0.151 e. The molecule has 1 heterocycles. The smallest absolute Gasteiger partial charge is 0.151 e. The Morgan fingerprint density at radius 1 is 1.33 bits per heavy atom. The van der Waals surface area contributed by atoms with Crippen LogP contribution in [0.3, 0.4) is 0 Å². The lowest BCUT2D eigenvalue weighted by atomic mass is 9.82. The van der Waals surface area contributed by atoms with Crippen LogP contribution in [0.1, 0.15) is 12.0 Å². The molecular formula is C12H11F2NO2S. The second-order valence-corrected chi connectivity index (χ2v) is 6.80. The first kappa shape index (κ1) is 13.0. The van der Waals surface area contributed by atoms with Crippen molar-refractivity contribution < 1.29 is 17.2 Å². The topological polar surface area (TPSA) is 57.9 Å². The van der Waals surface area contributed by atoms with E-state index in [0.717, 1.165) is 12.1 Å². The summed E-state index contributed by atoms with van der Waals surface area (Å²) in [5.41, 5.74) is -1.42. The molecule has 1 atom stereocenters. The van der Waals surface area contributed by atoms with Crippen LogP contribution in [0.2, 0.25) is 0 Å². The fourth-order valence-electron chi connectivity index (χ4n) is 2.22. The summed E-state index contributed by atoms with van der Waals surface area (Å²) in [5, 5.41) is 9.13. The van der Waals surface area contributed by atoms with Gasteiger partial charge in [0.1, 0.15) is 11.6 Å². The molecule has 1 aromatic rings. The van der Waals surface area contributed by atoms with E-state index >= 15 is 0 Å². The molecule has 6 heteroatoms. The van der Waals surface area contributed by atoms with Gasteiger partial charge >= 0.3 is 0 Å². The van der Waals surface area contributed by atoms with E-state index in [2.05, 4.69) is 0 Å². The number of rotatable bonds is 2. The molecule has 0 N–H and O–H groups in total. The first-order valence-corrected chi connectivity index (χ1v) is 7.24. The van der Waals surface area contributed by atoms with E-state index in [1.54, 1.807) is 0 Å². The van der Waals surface area contributed by atoms with Gasteiger partial charge < -0.3 is 0 Å². The van der Waals surface area contributed by atoms with Gasteiger partial charge in [-0.15, -0.1) is 0 Å². The first-order chi connectivity index (χ1) is 8.37. The lowest BCUT2D eigenvalue weighted by Gasteiger charge is -2.19. The summed E-state index contributed by atoms with van der Waals surface area (Å²) < 4.78 is 49.9. The summed E-state index contributed by atoms with van der Waals surface area (Å²) in [6.45, 7) is 0. The Bertz CT molecular complexity index is 601. The fraction of sp³-hybridized carbons (Fsp3) is 0.417. The average Bonchev–Trinajstić information content (AvgIpc) is 2.61. The minimum Gasteiger partial charge on any atom is -0.229 e. The fourth-order valence-corrected chi connectivity index (χ4v) is 4.22. The molecule has 3 nitrogen and oxygen atoms in total. The molecule has 1 aromatic carbocycles. The highest BCUT2D eigenvalue weighted by Gasteiger charge is 2.43. The van der Waals surface area contributed by atoms with Crippen molar-refractivity contribution in [1.82, 2.24) is 0 Å². The molecule has 1 fully saturated rings. The molecule has 0 saturated carbocycles. The Hall–Kier alpha value is -1.48. The van der Waals surface area contributed by atoms with Gasteiger partial charge in [-0.3, -0.25) is 0 Å². The molecule has 0 aliphatic carbocycles. The van der Waals surface area contributed by atoms with Gasteiger partial charge in [-0.25, -0.2) is 17.2 Å². The van der Waals surface area contributed by atoms with Crippen LogP contribution in [0.25, 0.3) is 0 Å². The zero-order valence-electron chi connectivity index (χ0n) is 9.49. The van der Waals surface area contributed by atoms with Crippen LogP contribution in [0.5, 0.6) is 0 Å². The van der Waals surface area contributed by atoms with Gasteiger partial charge in [-0.05, 0) is 25.0 Å². The van der Waals surface area contributed by atoms with E-state index in [-0.39, 0.29) is 29.9 Å². The third kappa shape index (κ3) is 2.36. The van der Waals surface area contributed by atoms with E-state index in [9.17, 15) is 17.2 Å². The van der Waals surface area contributed by atoms with Crippen molar-refractivity contribution in [3.8, 4) is 6.07 Å². The lowest BCUT2D eigenvalue weighted by Crippen LogP contribution is -2.24. The van der Waals surface area contributed by atoms with Gasteiger partial charge in [0.2, 0.25) is 0 Å². The van der Waals surface area contributed by atoms with Gasteiger partial charge in [0, 0.05) is 5.56 Å². The maximum absolute atomic E-state index is 13.5. The Morgan fingerprint density at radius 2 is 1.94 bits per heavy atom. The van der Waals surface area contributed by atoms with E-state index in [1.165, 1.54) is 6.07 Å². The highest BCUT2D eigenvalue weighted by atomic mass is 32.2. The predicted octanol–water partition coefficient (Wildman–Crippen LogP) is 1.84. The van der Waals surface area contributed by atoms with Crippen molar-refractivity contribution in [3.63, 3.8) is 0 Å². The third-order valence-electron chi connectivity index (χ3n) is 3.20. The number of hydrogen-bond donors (Lipinski definition) is 0. The standard InChI is InChI=1S/C12H11F2NO2S/c13-10-2-1-3-11(14)9(10)6-12(7-15)4-5-18(16,17)8-12/h1-3H,4-6,8H2. The largest absolute Gasteiger partial charge is 0.229 e. The van der Waals surface area contributed by atoms with Crippen LogP contribution in [0.4, 0.5) is 8.78 Å². The Labute approximate surface area is 104 Å². The van der Waals surface area contributed by atoms with Gasteiger partial charge in [0.25, 0.3) is 0 Å². The van der Waals surface area contributed by atoms with Gasteiger partial charge in [0.15, 0.2) is 9.84 Å². The van der Waals surface area contributed by atoms with Crippen molar-refractivity contribution in [3.05, 3.63) is 35.4 Å². The molecular weight excluding hydrogens is 260 g/mol. The van der Waals surface area contributed by atoms with Crippen molar-refractivity contribution in [2.75, 3.05) is 11.5 Å². The SMILES string of the molecule is N#CC1(Cc2c(F)cccc2F)CCS(=O)(=O)C1. The molecule has 0 radical (unpaired) electrons. The van der Waals surface area contributed by atoms with Crippen LogP contribution in [-0.2, 0) is 16.3 Å². The quantitative estimate of drug-likeness (QED) is 0.824. The summed E-state index contributed by atoms with van der Waals surface area (Å²) in [6, 6.07) is 5.37. The molecule has 1 aliphatic heterocycles. The normalized spacial score (nSPS) is 25.8. The van der Waals surface area contributed by atoms with Gasteiger partial charge in [-0.1, -0.05) is 6.07 Å². The molecule has 0 spiro atoms. The predicted molar refractivity (Wildman–Crippen MR) is 61.4 cm³/mol. The number of nitrogens with zero attached hydrogens (tertiary/aromatic N) is 1. The second kappa shape index (κ2) is 4.32. The summed E-state index contributed by atoms with van der Waals surface area (Å²) in [4.78, 5) is 0. The van der Waals surface area contributed by atoms with Crippen molar-refractivity contribution in [2.24, 2.45) is 5.41 Å². The van der Waals surface area contributed by atoms with E-state index in [4.69, 9.17) is 5.26 Å². The van der Waals surface area contributed by atoms with Crippen LogP contribution in [0, 0.1) is 28.4 Å². The Balaban J connectivity index is 2.36. The molecule has 0 aromatic heterocycles. The minimum atomic E-state index is -3.28. The summed E-state index contributed by atoms with van der Waals surface area (Å²) >= 11 is 0. The zero-order valence-corrected chi connectivity index (χ0v) is 10.3. The zero-order chi connectivity index (χ0) is 13.4. The summed E-state index contributed by atoms with van der Waals surface area (Å²) in [6.07, 6.45) is -0.0825. The highest BCUT2D eigenvalue weighted by Crippen LogP contribution is 2.36. The van der Waals surface area contributed by atoms with Crippen LogP contribution in [-0.4, -0.2) is 19.9 Å². The van der Waals surface area contributed by atoms with E-state index in [1.807, 2.05) is 6.07 Å². The molecule has 2 rings (SSSR count). The number of sulfone groups is 1. The van der Waals surface area contributed by atoms with E-state index in [0.29, 0.717) is 0 Å². The molecule has 1 aliphatic rings. The third-order valence-corrected chi connectivity index (χ3v) is 5.02. The van der Waals surface area contributed by atoms with Crippen LogP contribution < -0.4 is 0 Å². The molecule has 96 valence electrons. The highest BCUT2D eigenvalue weighted by molar-refractivity contribution is 7.91. The number of hydrogen-bond acceptors (Lipinski definition) is 3. The minimum absolute atomic E-state index is 0.101. The van der Waals surface area contributed by atoms with Gasteiger partial charge in [0.05, 0.1) is 23.0 Å². The first-order valence-electron chi connectivity index (χ1n) is 5.42. The maximum atomic E-state index is 13.5.